The van der Waals surface area contributed by atoms with Gasteiger partial charge >= 0.3 is 0 Å². The van der Waals surface area contributed by atoms with Gasteiger partial charge in [0.05, 0.1) is 18.5 Å². The lowest BCUT2D eigenvalue weighted by Gasteiger charge is -2.23. The summed E-state index contributed by atoms with van der Waals surface area (Å²) in [6, 6.07) is 4.86. The van der Waals surface area contributed by atoms with Crippen molar-refractivity contribution in [2.45, 2.75) is 52.0 Å². The van der Waals surface area contributed by atoms with Gasteiger partial charge in [0.15, 0.2) is 0 Å². The lowest BCUT2D eigenvalue weighted by Crippen LogP contribution is -2.23. The van der Waals surface area contributed by atoms with Gasteiger partial charge in [-0.3, -0.25) is 0 Å². The standard InChI is InChI=1S/C18H31N3O/c1-14(2)19-9-5-4-6-10-20-17-13-16(22-3)12-15-8-7-11-21-18(15)17/h12-14,19-21H,4-11H2,1-3H3. The molecular formula is C18H31N3O. The maximum atomic E-state index is 5.43. The fourth-order valence-electron chi connectivity index (χ4n) is 2.87. The van der Waals surface area contributed by atoms with Gasteiger partial charge < -0.3 is 20.7 Å². The Kier molecular flexibility index (Phi) is 6.84. The molecule has 4 nitrogen and oxygen atoms in total. The summed E-state index contributed by atoms with van der Waals surface area (Å²) in [5, 5.41) is 10.6. The van der Waals surface area contributed by atoms with E-state index in [2.05, 4.69) is 41.9 Å². The number of fused-ring (bicyclic) bond motifs is 1. The van der Waals surface area contributed by atoms with E-state index in [0.29, 0.717) is 6.04 Å². The average molecular weight is 305 g/mol. The second-order valence-corrected chi connectivity index (χ2v) is 6.34. The number of methoxy groups -OCH3 is 1. The summed E-state index contributed by atoms with van der Waals surface area (Å²) in [6.45, 7) is 7.59. The SMILES string of the molecule is COc1cc2c(c(NCCCCCNC(C)C)c1)NCCC2. The first-order valence-corrected chi connectivity index (χ1v) is 8.62. The molecular weight excluding hydrogens is 274 g/mol. The number of benzene rings is 1. The third-order valence-electron chi connectivity index (χ3n) is 4.08. The van der Waals surface area contributed by atoms with E-state index in [4.69, 9.17) is 4.74 Å². The molecule has 1 aromatic rings. The Morgan fingerprint density at radius 3 is 2.77 bits per heavy atom. The number of hydrogen-bond donors (Lipinski definition) is 3. The molecule has 0 atom stereocenters. The summed E-state index contributed by atoms with van der Waals surface area (Å²) in [6.07, 6.45) is 6.03. The fourth-order valence-corrected chi connectivity index (χ4v) is 2.87. The van der Waals surface area contributed by atoms with Crippen molar-refractivity contribution >= 4 is 11.4 Å². The second-order valence-electron chi connectivity index (χ2n) is 6.34. The smallest absolute Gasteiger partial charge is 0.121 e. The normalized spacial score (nSPS) is 13.6. The van der Waals surface area contributed by atoms with Crippen LogP contribution in [-0.2, 0) is 6.42 Å². The molecule has 22 heavy (non-hydrogen) atoms. The molecule has 0 aliphatic carbocycles. The monoisotopic (exact) mass is 305 g/mol. The highest BCUT2D eigenvalue weighted by Crippen LogP contribution is 2.34. The highest BCUT2D eigenvalue weighted by molar-refractivity contribution is 5.75. The number of ether oxygens (including phenoxy) is 1. The maximum Gasteiger partial charge on any atom is 0.121 e. The molecule has 1 aliphatic heterocycles. The minimum Gasteiger partial charge on any atom is -0.497 e. The van der Waals surface area contributed by atoms with Crippen LogP contribution >= 0.6 is 0 Å². The molecule has 0 saturated heterocycles. The van der Waals surface area contributed by atoms with E-state index in [1.807, 2.05) is 0 Å². The van der Waals surface area contributed by atoms with Gasteiger partial charge in [-0.15, -0.1) is 0 Å². The van der Waals surface area contributed by atoms with Crippen LogP contribution in [0.3, 0.4) is 0 Å². The summed E-state index contributed by atoms with van der Waals surface area (Å²) < 4.78 is 5.43. The van der Waals surface area contributed by atoms with Crippen molar-refractivity contribution in [1.29, 1.82) is 0 Å². The van der Waals surface area contributed by atoms with Crippen molar-refractivity contribution < 1.29 is 4.74 Å². The molecule has 0 amide bonds. The largest absolute Gasteiger partial charge is 0.497 e. The molecule has 1 heterocycles. The van der Waals surface area contributed by atoms with E-state index >= 15 is 0 Å². The van der Waals surface area contributed by atoms with Gasteiger partial charge in [-0.05, 0) is 43.9 Å². The molecule has 1 aliphatic rings. The number of rotatable bonds is 9. The second kappa shape index (κ2) is 8.89. The molecule has 0 bridgehead atoms. The molecule has 0 aromatic heterocycles. The Balaban J connectivity index is 1.79. The summed E-state index contributed by atoms with van der Waals surface area (Å²) in [4.78, 5) is 0. The third-order valence-corrected chi connectivity index (χ3v) is 4.08. The zero-order valence-corrected chi connectivity index (χ0v) is 14.3. The van der Waals surface area contributed by atoms with E-state index in [0.717, 1.165) is 31.8 Å². The zero-order valence-electron chi connectivity index (χ0n) is 14.3. The number of hydrogen-bond acceptors (Lipinski definition) is 4. The first-order valence-electron chi connectivity index (χ1n) is 8.62. The molecule has 0 saturated carbocycles. The summed E-state index contributed by atoms with van der Waals surface area (Å²) >= 11 is 0. The van der Waals surface area contributed by atoms with Crippen LogP contribution in [-0.4, -0.2) is 32.8 Å². The Bertz CT molecular complexity index is 460. The average Bonchev–Trinajstić information content (AvgIpc) is 2.53. The van der Waals surface area contributed by atoms with Crippen molar-refractivity contribution in [1.82, 2.24) is 5.32 Å². The van der Waals surface area contributed by atoms with Gasteiger partial charge in [-0.25, -0.2) is 0 Å². The third kappa shape index (κ3) is 5.09. The van der Waals surface area contributed by atoms with Crippen LogP contribution in [0, 0.1) is 0 Å². The molecule has 124 valence electrons. The molecule has 0 unspecified atom stereocenters. The number of anilines is 2. The lowest BCUT2D eigenvalue weighted by molar-refractivity contribution is 0.414. The van der Waals surface area contributed by atoms with E-state index < -0.39 is 0 Å². The Labute approximate surface area is 135 Å². The quantitative estimate of drug-likeness (QED) is 0.610. The highest BCUT2D eigenvalue weighted by Gasteiger charge is 2.14. The Morgan fingerprint density at radius 1 is 1.18 bits per heavy atom. The highest BCUT2D eigenvalue weighted by atomic mass is 16.5. The summed E-state index contributed by atoms with van der Waals surface area (Å²) in [5.41, 5.74) is 3.83. The van der Waals surface area contributed by atoms with Crippen LogP contribution in [0.1, 0.15) is 45.1 Å². The molecule has 0 spiro atoms. The van der Waals surface area contributed by atoms with Crippen molar-refractivity contribution in [2.75, 3.05) is 37.4 Å². The predicted octanol–water partition coefficient (Wildman–Crippen LogP) is 3.63. The van der Waals surface area contributed by atoms with Gasteiger partial charge in [0, 0.05) is 25.2 Å². The van der Waals surface area contributed by atoms with Crippen LogP contribution < -0.4 is 20.7 Å². The van der Waals surface area contributed by atoms with Gasteiger partial charge in [-0.2, -0.15) is 0 Å². The molecule has 0 fully saturated rings. The summed E-state index contributed by atoms with van der Waals surface area (Å²) in [5.74, 6) is 0.950. The molecule has 2 rings (SSSR count). The Morgan fingerprint density at radius 2 is 2.00 bits per heavy atom. The summed E-state index contributed by atoms with van der Waals surface area (Å²) in [7, 11) is 1.74. The topological polar surface area (TPSA) is 45.3 Å². The van der Waals surface area contributed by atoms with Gasteiger partial charge in [-0.1, -0.05) is 20.3 Å². The number of nitrogens with one attached hydrogen (secondary N) is 3. The Hall–Kier alpha value is -1.42. The van der Waals surface area contributed by atoms with Crippen molar-refractivity contribution in [3.05, 3.63) is 17.7 Å². The van der Waals surface area contributed by atoms with Crippen molar-refractivity contribution in [3.8, 4) is 5.75 Å². The first-order chi connectivity index (χ1) is 10.7. The molecule has 4 heteroatoms. The van der Waals surface area contributed by atoms with Crippen LogP contribution in [0.4, 0.5) is 11.4 Å². The fraction of sp³-hybridized carbons (Fsp3) is 0.667. The van der Waals surface area contributed by atoms with Crippen LogP contribution in [0.5, 0.6) is 5.75 Å². The zero-order chi connectivity index (χ0) is 15.8. The van der Waals surface area contributed by atoms with Crippen molar-refractivity contribution in [2.24, 2.45) is 0 Å². The van der Waals surface area contributed by atoms with Crippen LogP contribution in [0.15, 0.2) is 12.1 Å². The van der Waals surface area contributed by atoms with Gasteiger partial charge in [0.25, 0.3) is 0 Å². The number of unbranched alkanes of at least 4 members (excludes halogenated alkanes) is 2. The van der Waals surface area contributed by atoms with Gasteiger partial charge in [0.2, 0.25) is 0 Å². The predicted molar refractivity (Wildman–Crippen MR) is 95.3 cm³/mol. The van der Waals surface area contributed by atoms with E-state index in [1.54, 1.807) is 7.11 Å². The lowest BCUT2D eigenvalue weighted by atomic mass is 10.0. The van der Waals surface area contributed by atoms with E-state index in [9.17, 15) is 0 Å². The van der Waals surface area contributed by atoms with Crippen LogP contribution in [0.25, 0.3) is 0 Å². The molecule has 1 aromatic carbocycles. The minimum atomic E-state index is 0.590. The molecule has 3 N–H and O–H groups in total. The maximum absolute atomic E-state index is 5.43. The van der Waals surface area contributed by atoms with E-state index in [-0.39, 0.29) is 0 Å². The van der Waals surface area contributed by atoms with E-state index in [1.165, 1.54) is 42.6 Å². The number of aryl methyl sites for hydroxylation is 1. The van der Waals surface area contributed by atoms with Gasteiger partial charge in [0.1, 0.15) is 5.75 Å². The van der Waals surface area contributed by atoms with Crippen molar-refractivity contribution in [3.63, 3.8) is 0 Å². The molecule has 0 radical (unpaired) electrons. The first kappa shape index (κ1) is 16.9. The minimum absolute atomic E-state index is 0.590. The van der Waals surface area contributed by atoms with Crippen LogP contribution in [0.2, 0.25) is 0 Å².